The van der Waals surface area contributed by atoms with E-state index in [1.165, 1.54) is 12.2 Å². The number of esters is 1. The van der Waals surface area contributed by atoms with Crippen LogP contribution in [-0.4, -0.2) is 30.6 Å². The average Bonchev–Trinajstić information content (AvgIpc) is 2.44. The summed E-state index contributed by atoms with van der Waals surface area (Å²) in [5, 5.41) is 12.3. The highest BCUT2D eigenvalue weighted by molar-refractivity contribution is 5.75. The number of hydrogen-bond donors (Lipinski definition) is 1. The van der Waals surface area contributed by atoms with Gasteiger partial charge in [0, 0.05) is 6.42 Å². The van der Waals surface area contributed by atoms with E-state index in [-0.39, 0.29) is 12.6 Å². The monoisotopic (exact) mass is 279 g/mol. The van der Waals surface area contributed by atoms with Gasteiger partial charge in [0.1, 0.15) is 6.04 Å². The van der Waals surface area contributed by atoms with Crippen molar-refractivity contribution in [1.29, 1.82) is 0 Å². The summed E-state index contributed by atoms with van der Waals surface area (Å²) in [5.41, 5.74) is 1.11. The van der Waals surface area contributed by atoms with Crippen molar-refractivity contribution in [2.24, 2.45) is 0 Å². The molecule has 1 aromatic carbocycles. The number of benzene rings is 1. The van der Waals surface area contributed by atoms with Crippen LogP contribution in [0.3, 0.4) is 0 Å². The van der Waals surface area contributed by atoms with Crippen LogP contribution in [-0.2, 0) is 20.7 Å². The fourth-order valence-corrected chi connectivity index (χ4v) is 1.94. The number of carboxylic acids is 1. The number of nitrogens with two attached hydrogens (primary N) is 1. The summed E-state index contributed by atoms with van der Waals surface area (Å²) >= 11 is 0. The summed E-state index contributed by atoms with van der Waals surface area (Å²) in [4.78, 5) is 22.7. The molecule has 0 radical (unpaired) electrons. The molecule has 0 saturated carbocycles. The summed E-state index contributed by atoms with van der Waals surface area (Å²) in [7, 11) is 0. The fourth-order valence-electron chi connectivity index (χ4n) is 1.94. The Balaban J connectivity index is 2.62. The zero-order valence-electron chi connectivity index (χ0n) is 11.9. The van der Waals surface area contributed by atoms with Crippen LogP contribution < -0.4 is 10.4 Å². The first-order valence-electron chi connectivity index (χ1n) is 6.81. The summed E-state index contributed by atoms with van der Waals surface area (Å²) in [5.74, 6) is -1.56. The number of carbonyl (C=O) groups is 2. The van der Waals surface area contributed by atoms with E-state index in [1.807, 2.05) is 30.3 Å². The minimum absolute atomic E-state index is 0.286. The van der Waals surface area contributed by atoms with Crippen LogP contribution >= 0.6 is 0 Å². The average molecular weight is 279 g/mol. The predicted molar refractivity (Wildman–Crippen MR) is 71.6 cm³/mol. The minimum atomic E-state index is -1.18. The van der Waals surface area contributed by atoms with E-state index < -0.39 is 18.1 Å². The van der Waals surface area contributed by atoms with Gasteiger partial charge in [0.25, 0.3) is 0 Å². The highest BCUT2D eigenvalue weighted by Crippen LogP contribution is 2.04. The van der Waals surface area contributed by atoms with E-state index in [9.17, 15) is 14.7 Å². The molecule has 0 aliphatic carbocycles. The van der Waals surface area contributed by atoms with Crippen molar-refractivity contribution >= 4 is 11.9 Å². The Bertz CT molecular complexity index is 433. The lowest BCUT2D eigenvalue weighted by atomic mass is 10.0. The van der Waals surface area contributed by atoms with E-state index in [4.69, 9.17) is 4.74 Å². The molecular formula is C15H21NO4. The lowest BCUT2D eigenvalue weighted by molar-refractivity contribution is -0.702. The number of aliphatic carboxylic acids is 1. The fraction of sp³-hybridized carbons (Fsp3) is 0.467. The SMILES string of the molecule is CCOC(=O)[C@@H](CCc1ccccc1)[NH2+][C@@H](C)C(=O)[O-]. The van der Waals surface area contributed by atoms with Gasteiger partial charge in [0.2, 0.25) is 0 Å². The van der Waals surface area contributed by atoms with Gasteiger partial charge in [-0.1, -0.05) is 30.3 Å². The van der Waals surface area contributed by atoms with E-state index >= 15 is 0 Å². The molecule has 0 spiro atoms. The summed E-state index contributed by atoms with van der Waals surface area (Å²) in [6.45, 7) is 3.52. The minimum Gasteiger partial charge on any atom is -0.544 e. The number of rotatable bonds is 8. The van der Waals surface area contributed by atoms with Crippen LogP contribution in [0.1, 0.15) is 25.8 Å². The maximum atomic E-state index is 11.9. The van der Waals surface area contributed by atoms with Gasteiger partial charge in [0.15, 0.2) is 6.04 Å². The maximum absolute atomic E-state index is 11.9. The van der Waals surface area contributed by atoms with Crippen molar-refractivity contribution in [2.75, 3.05) is 6.61 Å². The Kier molecular flexibility index (Phi) is 6.73. The van der Waals surface area contributed by atoms with Crippen molar-refractivity contribution in [3.05, 3.63) is 35.9 Å². The van der Waals surface area contributed by atoms with Crippen molar-refractivity contribution < 1.29 is 24.7 Å². The molecule has 0 heterocycles. The Hall–Kier alpha value is -1.88. The van der Waals surface area contributed by atoms with Gasteiger partial charge in [-0.15, -0.1) is 0 Å². The number of aryl methyl sites for hydroxylation is 1. The number of quaternary nitrogens is 1. The molecule has 0 aliphatic rings. The first-order valence-corrected chi connectivity index (χ1v) is 6.81. The quantitative estimate of drug-likeness (QED) is 0.635. The van der Waals surface area contributed by atoms with Crippen LogP contribution in [0.4, 0.5) is 0 Å². The van der Waals surface area contributed by atoms with Crippen LogP contribution in [0.25, 0.3) is 0 Å². The molecular weight excluding hydrogens is 258 g/mol. The van der Waals surface area contributed by atoms with Gasteiger partial charge in [-0.25, -0.2) is 4.79 Å². The second-order valence-corrected chi connectivity index (χ2v) is 4.68. The second-order valence-electron chi connectivity index (χ2n) is 4.68. The largest absolute Gasteiger partial charge is 0.544 e. The zero-order chi connectivity index (χ0) is 15.0. The van der Waals surface area contributed by atoms with Gasteiger partial charge in [0.05, 0.1) is 12.6 Å². The molecule has 110 valence electrons. The zero-order valence-corrected chi connectivity index (χ0v) is 11.9. The highest BCUT2D eigenvalue weighted by Gasteiger charge is 2.25. The highest BCUT2D eigenvalue weighted by atomic mass is 16.5. The molecule has 0 saturated heterocycles. The predicted octanol–water partition coefficient (Wildman–Crippen LogP) is -0.747. The molecule has 0 unspecified atom stereocenters. The third-order valence-corrected chi connectivity index (χ3v) is 3.07. The number of carbonyl (C=O) groups excluding carboxylic acids is 2. The lowest BCUT2D eigenvalue weighted by Crippen LogP contribution is -2.98. The van der Waals surface area contributed by atoms with Gasteiger partial charge in [-0.05, 0) is 25.8 Å². The number of hydrogen-bond acceptors (Lipinski definition) is 4. The molecule has 2 atom stereocenters. The van der Waals surface area contributed by atoms with Crippen molar-refractivity contribution in [3.63, 3.8) is 0 Å². The third-order valence-electron chi connectivity index (χ3n) is 3.07. The second kappa shape index (κ2) is 8.32. The lowest BCUT2D eigenvalue weighted by Gasteiger charge is -2.19. The molecule has 0 aliphatic heterocycles. The maximum Gasteiger partial charge on any atom is 0.364 e. The molecule has 1 rings (SSSR count). The standard InChI is InChI=1S/C15H21NO4/c1-3-20-15(19)13(16-11(2)14(17)18)10-9-12-7-5-4-6-8-12/h4-8,11,13,16H,3,9-10H2,1-2H3,(H,17,18)/t11-,13+/m0/s1. The van der Waals surface area contributed by atoms with Crippen LogP contribution in [0, 0.1) is 0 Å². The summed E-state index contributed by atoms with van der Waals surface area (Å²) < 4.78 is 4.99. The van der Waals surface area contributed by atoms with Gasteiger partial charge >= 0.3 is 5.97 Å². The Morgan fingerprint density at radius 2 is 1.95 bits per heavy atom. The normalized spacial score (nSPS) is 13.5. The molecule has 2 N–H and O–H groups in total. The number of ether oxygens (including phenoxy) is 1. The van der Waals surface area contributed by atoms with Crippen molar-refractivity contribution in [3.8, 4) is 0 Å². The van der Waals surface area contributed by atoms with Crippen LogP contribution in [0.5, 0.6) is 0 Å². The molecule has 0 fully saturated rings. The first-order chi connectivity index (χ1) is 9.54. The van der Waals surface area contributed by atoms with E-state index in [1.54, 1.807) is 6.92 Å². The molecule has 0 bridgehead atoms. The Labute approximate surface area is 118 Å². The van der Waals surface area contributed by atoms with Gasteiger partial charge in [-0.2, -0.15) is 0 Å². The van der Waals surface area contributed by atoms with E-state index in [0.29, 0.717) is 12.8 Å². The van der Waals surface area contributed by atoms with Crippen molar-refractivity contribution in [1.82, 2.24) is 0 Å². The van der Waals surface area contributed by atoms with E-state index in [2.05, 4.69) is 0 Å². The smallest absolute Gasteiger partial charge is 0.364 e. The third kappa shape index (κ3) is 5.40. The van der Waals surface area contributed by atoms with Crippen LogP contribution in [0.15, 0.2) is 30.3 Å². The Morgan fingerprint density at radius 3 is 2.50 bits per heavy atom. The van der Waals surface area contributed by atoms with Crippen LogP contribution in [0.2, 0.25) is 0 Å². The first kappa shape index (κ1) is 16.2. The molecule has 20 heavy (non-hydrogen) atoms. The Morgan fingerprint density at radius 1 is 1.30 bits per heavy atom. The molecule has 5 heteroatoms. The molecule has 1 aromatic rings. The topological polar surface area (TPSA) is 83.0 Å². The van der Waals surface area contributed by atoms with Gasteiger partial charge in [-0.3, -0.25) is 0 Å². The molecule has 0 aromatic heterocycles. The van der Waals surface area contributed by atoms with Crippen molar-refractivity contribution in [2.45, 2.75) is 38.8 Å². The molecule has 0 amide bonds. The summed E-state index contributed by atoms with van der Waals surface area (Å²) in [6.07, 6.45) is 1.22. The van der Waals surface area contributed by atoms with E-state index in [0.717, 1.165) is 5.56 Å². The molecule has 5 nitrogen and oxygen atoms in total. The number of carboxylic acid groups (broad SMARTS) is 1. The van der Waals surface area contributed by atoms with Gasteiger partial charge < -0.3 is 20.0 Å². The summed E-state index contributed by atoms with van der Waals surface area (Å²) in [6, 6.07) is 8.44.